The first kappa shape index (κ1) is 17.0. The Balaban J connectivity index is 1.36. The van der Waals surface area contributed by atoms with Crippen LogP contribution in [0.15, 0.2) is 53.4 Å². The Morgan fingerprint density at radius 1 is 1.17 bits per heavy atom. The standard InChI is InChI=1S/C18H18ClNO3S/c19-13-5-7-15(8-6-13)24-10-9-18(21)20-11-14-12-22-16-3-1-2-4-17(16)23-14/h1-8,14H,9-12H2,(H,20,21)/t14-/m1/s1. The van der Waals surface area contributed by atoms with Crippen LogP contribution >= 0.6 is 23.4 Å². The lowest BCUT2D eigenvalue weighted by atomic mass is 10.2. The maximum absolute atomic E-state index is 11.9. The van der Waals surface area contributed by atoms with Gasteiger partial charge in [-0.25, -0.2) is 0 Å². The summed E-state index contributed by atoms with van der Waals surface area (Å²) in [6.07, 6.45) is 0.296. The molecule has 0 radical (unpaired) electrons. The van der Waals surface area contributed by atoms with Gasteiger partial charge in [-0.3, -0.25) is 4.79 Å². The number of nitrogens with one attached hydrogen (secondary N) is 1. The largest absolute Gasteiger partial charge is 0.486 e. The molecule has 126 valence electrons. The third-order valence-electron chi connectivity index (χ3n) is 3.51. The van der Waals surface area contributed by atoms with Crippen molar-refractivity contribution in [2.75, 3.05) is 18.9 Å². The van der Waals surface area contributed by atoms with Crippen LogP contribution in [0.3, 0.4) is 0 Å². The third kappa shape index (κ3) is 4.82. The molecule has 2 aromatic carbocycles. The average molecular weight is 364 g/mol. The minimum atomic E-state index is -0.159. The minimum Gasteiger partial charge on any atom is -0.486 e. The number of rotatable bonds is 6. The number of fused-ring (bicyclic) bond motifs is 1. The highest BCUT2D eigenvalue weighted by Gasteiger charge is 2.20. The Morgan fingerprint density at radius 2 is 1.92 bits per heavy atom. The van der Waals surface area contributed by atoms with Crippen LogP contribution in [0.2, 0.25) is 5.02 Å². The van der Waals surface area contributed by atoms with Crippen LogP contribution in [0.4, 0.5) is 0 Å². The molecule has 0 saturated carbocycles. The summed E-state index contributed by atoms with van der Waals surface area (Å²) in [6, 6.07) is 15.2. The van der Waals surface area contributed by atoms with E-state index in [1.807, 2.05) is 48.5 Å². The molecular formula is C18H18ClNO3S. The van der Waals surface area contributed by atoms with Crippen LogP contribution in [0.5, 0.6) is 11.5 Å². The number of hydrogen-bond donors (Lipinski definition) is 1. The number of carbonyl (C=O) groups is 1. The van der Waals surface area contributed by atoms with E-state index in [0.29, 0.717) is 24.6 Å². The van der Waals surface area contributed by atoms with Crippen LogP contribution < -0.4 is 14.8 Å². The normalized spacial score (nSPS) is 15.8. The molecule has 4 nitrogen and oxygen atoms in total. The maximum Gasteiger partial charge on any atom is 0.220 e. The lowest BCUT2D eigenvalue weighted by Gasteiger charge is -2.26. The number of ether oxygens (including phenoxy) is 2. The maximum atomic E-state index is 11.9. The van der Waals surface area contributed by atoms with Crippen LogP contribution in [-0.4, -0.2) is 30.9 Å². The van der Waals surface area contributed by atoms with Crippen molar-refractivity contribution in [3.63, 3.8) is 0 Å². The van der Waals surface area contributed by atoms with Gasteiger partial charge in [-0.2, -0.15) is 0 Å². The van der Waals surface area contributed by atoms with Crippen molar-refractivity contribution >= 4 is 29.3 Å². The first-order chi connectivity index (χ1) is 11.7. The number of hydrogen-bond acceptors (Lipinski definition) is 4. The Labute approximate surface area is 150 Å². The van der Waals surface area contributed by atoms with Gasteiger partial charge in [-0.05, 0) is 36.4 Å². The molecule has 1 aliphatic rings. The van der Waals surface area contributed by atoms with Gasteiger partial charge in [0.25, 0.3) is 0 Å². The number of thioether (sulfide) groups is 1. The summed E-state index contributed by atoms with van der Waals surface area (Å²) in [5, 5.41) is 3.62. The molecule has 0 spiro atoms. The molecule has 0 aliphatic carbocycles. The van der Waals surface area contributed by atoms with Gasteiger partial charge in [0.2, 0.25) is 5.91 Å². The van der Waals surface area contributed by atoms with Gasteiger partial charge in [0, 0.05) is 22.1 Å². The van der Waals surface area contributed by atoms with Crippen LogP contribution in [-0.2, 0) is 4.79 Å². The van der Waals surface area contributed by atoms with Crippen molar-refractivity contribution in [2.45, 2.75) is 17.4 Å². The van der Waals surface area contributed by atoms with Gasteiger partial charge >= 0.3 is 0 Å². The van der Waals surface area contributed by atoms with Gasteiger partial charge in [0.05, 0.1) is 6.54 Å². The third-order valence-corrected chi connectivity index (χ3v) is 4.77. The molecule has 1 amide bonds. The highest BCUT2D eigenvalue weighted by atomic mass is 35.5. The van der Waals surface area contributed by atoms with Crippen molar-refractivity contribution in [3.8, 4) is 11.5 Å². The highest BCUT2D eigenvalue weighted by molar-refractivity contribution is 7.99. The van der Waals surface area contributed by atoms with Crippen LogP contribution in [0.25, 0.3) is 0 Å². The van der Waals surface area contributed by atoms with E-state index in [4.69, 9.17) is 21.1 Å². The molecular weight excluding hydrogens is 346 g/mol. The molecule has 1 aliphatic heterocycles. The molecule has 1 atom stereocenters. The quantitative estimate of drug-likeness (QED) is 0.793. The minimum absolute atomic E-state index is 0.0129. The first-order valence-electron chi connectivity index (χ1n) is 7.74. The molecule has 0 bridgehead atoms. The summed E-state index contributed by atoms with van der Waals surface area (Å²) in [4.78, 5) is 13.0. The molecule has 24 heavy (non-hydrogen) atoms. The highest BCUT2D eigenvalue weighted by Crippen LogP contribution is 2.30. The molecule has 0 aromatic heterocycles. The number of benzene rings is 2. The summed E-state index contributed by atoms with van der Waals surface area (Å²) in [5.41, 5.74) is 0. The zero-order valence-corrected chi connectivity index (χ0v) is 14.6. The van der Waals surface area contributed by atoms with Gasteiger partial charge in [0.15, 0.2) is 11.5 Å². The van der Waals surface area contributed by atoms with Crippen molar-refractivity contribution in [1.29, 1.82) is 0 Å². The number of amides is 1. The molecule has 3 rings (SSSR count). The zero-order chi connectivity index (χ0) is 16.8. The number of halogens is 1. The molecule has 0 saturated heterocycles. The van der Waals surface area contributed by atoms with E-state index >= 15 is 0 Å². The fourth-order valence-corrected chi connectivity index (χ4v) is 3.25. The predicted molar refractivity (Wildman–Crippen MR) is 96.2 cm³/mol. The van der Waals surface area contributed by atoms with E-state index in [2.05, 4.69) is 5.32 Å². The second kappa shape index (κ2) is 8.31. The Hall–Kier alpha value is -1.85. The topological polar surface area (TPSA) is 47.6 Å². The number of para-hydroxylation sites is 2. The van der Waals surface area contributed by atoms with Gasteiger partial charge in [-0.1, -0.05) is 23.7 Å². The lowest BCUT2D eigenvalue weighted by Crippen LogP contribution is -2.40. The predicted octanol–water partition coefficient (Wildman–Crippen LogP) is 3.78. The van der Waals surface area contributed by atoms with Crippen molar-refractivity contribution in [2.24, 2.45) is 0 Å². The van der Waals surface area contributed by atoms with E-state index in [1.54, 1.807) is 11.8 Å². The van der Waals surface area contributed by atoms with Crippen molar-refractivity contribution in [1.82, 2.24) is 5.32 Å². The van der Waals surface area contributed by atoms with Crippen molar-refractivity contribution in [3.05, 3.63) is 53.6 Å². The summed E-state index contributed by atoms with van der Waals surface area (Å²) < 4.78 is 11.4. The fourth-order valence-electron chi connectivity index (χ4n) is 2.27. The summed E-state index contributed by atoms with van der Waals surface area (Å²) in [5.74, 6) is 2.21. The van der Waals surface area contributed by atoms with Crippen LogP contribution in [0, 0.1) is 0 Å². The van der Waals surface area contributed by atoms with Gasteiger partial charge in [0.1, 0.15) is 12.7 Å². The van der Waals surface area contributed by atoms with E-state index < -0.39 is 0 Å². The summed E-state index contributed by atoms with van der Waals surface area (Å²) >= 11 is 7.48. The molecule has 2 aromatic rings. The van der Waals surface area contributed by atoms with E-state index in [0.717, 1.165) is 22.1 Å². The number of carbonyl (C=O) groups excluding carboxylic acids is 1. The smallest absolute Gasteiger partial charge is 0.220 e. The SMILES string of the molecule is O=C(CCSc1ccc(Cl)cc1)NC[C@@H]1COc2ccccc2O1. The molecule has 0 fully saturated rings. The van der Waals surface area contributed by atoms with Crippen LogP contribution in [0.1, 0.15) is 6.42 Å². The van der Waals surface area contributed by atoms with Gasteiger partial charge < -0.3 is 14.8 Å². The van der Waals surface area contributed by atoms with Crippen molar-refractivity contribution < 1.29 is 14.3 Å². The Morgan fingerprint density at radius 3 is 2.71 bits per heavy atom. The molecule has 6 heteroatoms. The summed E-state index contributed by atoms with van der Waals surface area (Å²) in [7, 11) is 0. The van der Waals surface area contributed by atoms with E-state index in [1.165, 1.54) is 0 Å². The Kier molecular flexibility index (Phi) is 5.88. The molecule has 1 heterocycles. The first-order valence-corrected chi connectivity index (χ1v) is 9.10. The van der Waals surface area contributed by atoms with E-state index in [9.17, 15) is 4.79 Å². The lowest BCUT2D eigenvalue weighted by molar-refractivity contribution is -0.121. The molecule has 0 unspecified atom stereocenters. The second-order valence-electron chi connectivity index (χ2n) is 5.35. The monoisotopic (exact) mass is 363 g/mol. The Bertz CT molecular complexity index is 693. The fraction of sp³-hybridized carbons (Fsp3) is 0.278. The average Bonchev–Trinajstić information content (AvgIpc) is 2.61. The second-order valence-corrected chi connectivity index (χ2v) is 6.96. The zero-order valence-electron chi connectivity index (χ0n) is 13.0. The van der Waals surface area contributed by atoms with E-state index in [-0.39, 0.29) is 12.0 Å². The van der Waals surface area contributed by atoms with Gasteiger partial charge in [-0.15, -0.1) is 11.8 Å². The summed E-state index contributed by atoms with van der Waals surface area (Å²) in [6.45, 7) is 0.885. The molecule has 1 N–H and O–H groups in total.